The lowest BCUT2D eigenvalue weighted by molar-refractivity contribution is 1.32. The Morgan fingerprint density at radius 1 is 0.909 bits per heavy atom. The molecule has 0 unspecified atom stereocenters. The summed E-state index contributed by atoms with van der Waals surface area (Å²) in [5.41, 5.74) is 0. The van der Waals surface area contributed by atoms with Crippen LogP contribution >= 0.6 is 0 Å². The van der Waals surface area contributed by atoms with E-state index in [4.69, 9.17) is 0 Å². The second-order valence-electron chi connectivity index (χ2n) is 2.29. The van der Waals surface area contributed by atoms with Gasteiger partial charge in [-0.2, -0.15) is 0 Å². The highest BCUT2D eigenvalue weighted by Gasteiger charge is 1.91. The van der Waals surface area contributed by atoms with Crippen LogP contribution < -0.4 is 5.32 Å². The minimum Gasteiger partial charge on any atom is -0.348 e. The first-order chi connectivity index (χ1) is 5.45. The molecule has 11 heavy (non-hydrogen) atoms. The fourth-order valence-corrected chi connectivity index (χ4v) is 0.961. The molecule has 3 N–H and O–H groups in total. The van der Waals surface area contributed by atoms with Crippen LogP contribution in [-0.4, -0.2) is 9.97 Å². The average Bonchev–Trinajstić information content (AvgIpc) is 2.60. The third-order valence-corrected chi connectivity index (χ3v) is 1.47. The number of aromatic amines is 2. The quantitative estimate of drug-likeness (QED) is 0.598. The Kier molecular flexibility index (Phi) is 1.41. The smallest absolute Gasteiger partial charge is 0.108 e. The highest BCUT2D eigenvalue weighted by molar-refractivity contribution is 5.51. The van der Waals surface area contributed by atoms with Crippen molar-refractivity contribution in [3.8, 4) is 0 Å². The van der Waals surface area contributed by atoms with Crippen LogP contribution in [0.2, 0.25) is 0 Å². The van der Waals surface area contributed by atoms with E-state index in [0.29, 0.717) is 0 Å². The van der Waals surface area contributed by atoms with E-state index in [1.165, 1.54) is 0 Å². The Labute approximate surface area is 64.5 Å². The normalized spacial score (nSPS) is 9.82. The molecule has 0 aliphatic rings. The fourth-order valence-electron chi connectivity index (χ4n) is 0.961. The van der Waals surface area contributed by atoms with Crippen molar-refractivity contribution in [2.24, 2.45) is 0 Å². The van der Waals surface area contributed by atoms with Crippen molar-refractivity contribution in [2.45, 2.75) is 0 Å². The second kappa shape index (κ2) is 2.54. The largest absolute Gasteiger partial charge is 0.348 e. The zero-order chi connectivity index (χ0) is 7.52. The lowest BCUT2D eigenvalue weighted by atomic mass is 10.5. The molecule has 3 nitrogen and oxygen atoms in total. The van der Waals surface area contributed by atoms with Crippen LogP contribution in [0.15, 0.2) is 36.7 Å². The number of H-pyrrole nitrogens is 2. The average molecular weight is 147 g/mol. The lowest BCUT2D eigenvalue weighted by Crippen LogP contribution is -1.88. The van der Waals surface area contributed by atoms with Crippen molar-refractivity contribution in [1.82, 2.24) is 9.97 Å². The molecule has 0 amide bonds. The summed E-state index contributed by atoms with van der Waals surface area (Å²) in [5, 5.41) is 3.15. The molecule has 0 aromatic carbocycles. The predicted molar refractivity (Wildman–Crippen MR) is 44.9 cm³/mol. The number of rotatable bonds is 2. The predicted octanol–water partition coefficient (Wildman–Crippen LogP) is 2.09. The molecule has 2 rings (SSSR count). The third-order valence-electron chi connectivity index (χ3n) is 1.47. The summed E-state index contributed by atoms with van der Waals surface area (Å²) in [6.45, 7) is 0. The van der Waals surface area contributed by atoms with Crippen LogP contribution in [0.3, 0.4) is 0 Å². The van der Waals surface area contributed by atoms with Gasteiger partial charge in [-0.3, -0.25) is 0 Å². The molecule has 0 spiro atoms. The zero-order valence-corrected chi connectivity index (χ0v) is 5.96. The van der Waals surface area contributed by atoms with Crippen molar-refractivity contribution < 1.29 is 0 Å². The number of hydrogen-bond acceptors (Lipinski definition) is 1. The van der Waals surface area contributed by atoms with E-state index in [1.54, 1.807) is 0 Å². The Morgan fingerprint density at radius 2 is 1.45 bits per heavy atom. The summed E-state index contributed by atoms with van der Waals surface area (Å²) in [6, 6.07) is 7.85. The first-order valence-electron chi connectivity index (χ1n) is 3.49. The maximum Gasteiger partial charge on any atom is 0.108 e. The van der Waals surface area contributed by atoms with E-state index < -0.39 is 0 Å². The number of anilines is 2. The van der Waals surface area contributed by atoms with E-state index in [2.05, 4.69) is 15.3 Å². The third kappa shape index (κ3) is 1.26. The van der Waals surface area contributed by atoms with Gasteiger partial charge in [-0.25, -0.2) is 0 Å². The summed E-state index contributed by atoms with van der Waals surface area (Å²) >= 11 is 0. The van der Waals surface area contributed by atoms with Crippen LogP contribution in [0, 0.1) is 0 Å². The van der Waals surface area contributed by atoms with E-state index in [0.717, 1.165) is 11.6 Å². The minimum atomic E-state index is 0.993. The molecule has 0 bridgehead atoms. The highest BCUT2D eigenvalue weighted by atomic mass is 15.0. The second-order valence-corrected chi connectivity index (χ2v) is 2.29. The molecule has 0 saturated heterocycles. The molecule has 0 radical (unpaired) electrons. The van der Waals surface area contributed by atoms with Gasteiger partial charge >= 0.3 is 0 Å². The van der Waals surface area contributed by atoms with Gasteiger partial charge in [0, 0.05) is 12.4 Å². The van der Waals surface area contributed by atoms with Crippen molar-refractivity contribution in [3.05, 3.63) is 36.7 Å². The first-order valence-corrected chi connectivity index (χ1v) is 3.49. The SMILES string of the molecule is c1c[nH]c(Nc2ccc[nH]2)c1. The monoisotopic (exact) mass is 147 g/mol. The molecule has 2 heterocycles. The van der Waals surface area contributed by atoms with Crippen LogP contribution in [-0.2, 0) is 0 Å². The molecule has 0 fully saturated rings. The topological polar surface area (TPSA) is 43.6 Å². The minimum absolute atomic E-state index is 0.993. The van der Waals surface area contributed by atoms with Crippen molar-refractivity contribution in [3.63, 3.8) is 0 Å². The number of nitrogens with one attached hydrogen (secondary N) is 3. The van der Waals surface area contributed by atoms with E-state index in [1.807, 2.05) is 36.7 Å². The Bertz CT molecular complexity index is 262. The molecule has 2 aromatic heterocycles. The van der Waals surface area contributed by atoms with Gasteiger partial charge in [-0.05, 0) is 24.3 Å². The first kappa shape index (κ1) is 6.09. The van der Waals surface area contributed by atoms with E-state index in [9.17, 15) is 0 Å². The molecule has 3 heteroatoms. The van der Waals surface area contributed by atoms with Gasteiger partial charge in [0.1, 0.15) is 11.6 Å². The molecule has 0 saturated carbocycles. The summed E-state index contributed by atoms with van der Waals surface area (Å²) in [7, 11) is 0. The molecular weight excluding hydrogens is 138 g/mol. The summed E-state index contributed by atoms with van der Waals surface area (Å²) in [6.07, 6.45) is 3.76. The van der Waals surface area contributed by atoms with Gasteiger partial charge in [0.05, 0.1) is 0 Å². The summed E-state index contributed by atoms with van der Waals surface area (Å²) < 4.78 is 0. The van der Waals surface area contributed by atoms with Crippen LogP contribution in [0.4, 0.5) is 11.6 Å². The van der Waals surface area contributed by atoms with Gasteiger partial charge in [-0.1, -0.05) is 0 Å². The molecular formula is C8H9N3. The van der Waals surface area contributed by atoms with Gasteiger partial charge < -0.3 is 15.3 Å². The molecule has 0 aliphatic heterocycles. The number of aromatic nitrogens is 2. The lowest BCUT2D eigenvalue weighted by Gasteiger charge is -1.98. The highest BCUT2D eigenvalue weighted by Crippen LogP contribution is 2.10. The van der Waals surface area contributed by atoms with Gasteiger partial charge in [0.2, 0.25) is 0 Å². The Hall–Kier alpha value is -1.64. The molecule has 0 atom stereocenters. The van der Waals surface area contributed by atoms with Gasteiger partial charge in [0.15, 0.2) is 0 Å². The standard InChI is InChI=1S/C8H9N3/c1-3-7(9-5-1)11-8-4-2-6-10-8/h1-6,9-11H. The van der Waals surface area contributed by atoms with Crippen molar-refractivity contribution in [1.29, 1.82) is 0 Å². The van der Waals surface area contributed by atoms with E-state index in [-0.39, 0.29) is 0 Å². The number of hydrogen-bond donors (Lipinski definition) is 3. The zero-order valence-electron chi connectivity index (χ0n) is 5.96. The van der Waals surface area contributed by atoms with Crippen molar-refractivity contribution >= 4 is 11.6 Å². The maximum atomic E-state index is 3.15. The molecule has 2 aromatic rings. The van der Waals surface area contributed by atoms with Crippen LogP contribution in [0.5, 0.6) is 0 Å². The maximum absolute atomic E-state index is 3.15. The molecule has 0 aliphatic carbocycles. The van der Waals surface area contributed by atoms with Gasteiger partial charge in [-0.15, -0.1) is 0 Å². The fraction of sp³-hybridized carbons (Fsp3) is 0. The summed E-state index contributed by atoms with van der Waals surface area (Å²) in [4.78, 5) is 6.09. The Morgan fingerprint density at radius 3 is 1.82 bits per heavy atom. The van der Waals surface area contributed by atoms with Crippen molar-refractivity contribution in [2.75, 3.05) is 5.32 Å². The van der Waals surface area contributed by atoms with Gasteiger partial charge in [0.25, 0.3) is 0 Å². The van der Waals surface area contributed by atoms with Crippen LogP contribution in [0.1, 0.15) is 0 Å². The molecule has 56 valence electrons. The summed E-state index contributed by atoms with van der Waals surface area (Å²) in [5.74, 6) is 1.99. The van der Waals surface area contributed by atoms with E-state index >= 15 is 0 Å². The Balaban J connectivity index is 2.14. The van der Waals surface area contributed by atoms with Crippen LogP contribution in [0.25, 0.3) is 0 Å².